The van der Waals surface area contributed by atoms with Crippen LogP contribution in [0.25, 0.3) is 0 Å². The molecule has 1 aliphatic carbocycles. The number of hydrogen-bond acceptors (Lipinski definition) is 3. The fourth-order valence-electron chi connectivity index (χ4n) is 3.53. The lowest BCUT2D eigenvalue weighted by atomic mass is 9.93. The molecule has 132 valence electrons. The van der Waals surface area contributed by atoms with Crippen molar-refractivity contribution >= 4 is 11.8 Å². The van der Waals surface area contributed by atoms with Crippen molar-refractivity contribution in [2.45, 2.75) is 58.4 Å². The standard InChI is InChI=1S/C18H28N4O2/c1-13-12-20-18(16-3-4-16)22(13)10-7-19-17(24)11-15-5-8-21(9-6-15)14(2)23/h12,15-16H,3-11H2,1-2H3,(H,19,24). The van der Waals surface area contributed by atoms with Gasteiger partial charge in [0.25, 0.3) is 0 Å². The van der Waals surface area contributed by atoms with Crippen molar-refractivity contribution < 1.29 is 9.59 Å². The first kappa shape index (κ1) is 17.0. The minimum Gasteiger partial charge on any atom is -0.354 e. The number of carbonyl (C=O) groups is 2. The molecule has 2 aliphatic rings. The van der Waals surface area contributed by atoms with Crippen LogP contribution in [0.2, 0.25) is 0 Å². The first-order chi connectivity index (χ1) is 11.5. The van der Waals surface area contributed by atoms with Crippen LogP contribution in [0.15, 0.2) is 6.20 Å². The van der Waals surface area contributed by atoms with Gasteiger partial charge in [0.05, 0.1) is 0 Å². The molecular weight excluding hydrogens is 304 g/mol. The molecule has 3 rings (SSSR count). The Morgan fingerprint density at radius 1 is 1.25 bits per heavy atom. The monoisotopic (exact) mass is 332 g/mol. The van der Waals surface area contributed by atoms with E-state index in [0.29, 0.717) is 24.8 Å². The Kier molecular flexibility index (Phi) is 5.21. The number of carbonyl (C=O) groups excluding carboxylic acids is 2. The fourth-order valence-corrected chi connectivity index (χ4v) is 3.53. The number of likely N-dealkylation sites (tertiary alicyclic amines) is 1. The lowest BCUT2D eigenvalue weighted by Crippen LogP contribution is -2.38. The number of amides is 2. The summed E-state index contributed by atoms with van der Waals surface area (Å²) in [5, 5.41) is 3.05. The Morgan fingerprint density at radius 2 is 1.96 bits per heavy atom. The first-order valence-corrected chi connectivity index (χ1v) is 9.09. The van der Waals surface area contributed by atoms with Gasteiger partial charge >= 0.3 is 0 Å². The topological polar surface area (TPSA) is 67.2 Å². The van der Waals surface area contributed by atoms with Crippen molar-refractivity contribution in [2.24, 2.45) is 5.92 Å². The van der Waals surface area contributed by atoms with Crippen LogP contribution >= 0.6 is 0 Å². The maximum Gasteiger partial charge on any atom is 0.220 e. The third kappa shape index (κ3) is 4.16. The normalized spacial score (nSPS) is 18.7. The predicted octanol–water partition coefficient (Wildman–Crippen LogP) is 1.83. The van der Waals surface area contributed by atoms with Crippen molar-refractivity contribution in [1.29, 1.82) is 0 Å². The molecular formula is C18H28N4O2. The zero-order valence-corrected chi connectivity index (χ0v) is 14.8. The van der Waals surface area contributed by atoms with Gasteiger partial charge in [0.15, 0.2) is 0 Å². The highest BCUT2D eigenvalue weighted by atomic mass is 16.2. The van der Waals surface area contributed by atoms with Gasteiger partial charge in [-0.3, -0.25) is 9.59 Å². The van der Waals surface area contributed by atoms with Crippen LogP contribution in [0, 0.1) is 12.8 Å². The zero-order chi connectivity index (χ0) is 17.1. The molecule has 2 heterocycles. The molecule has 0 unspecified atom stereocenters. The number of imidazole rings is 1. The summed E-state index contributed by atoms with van der Waals surface area (Å²) in [7, 11) is 0. The van der Waals surface area contributed by atoms with Gasteiger partial charge in [-0.1, -0.05) is 0 Å². The zero-order valence-electron chi connectivity index (χ0n) is 14.8. The molecule has 6 heteroatoms. The fraction of sp³-hybridized carbons (Fsp3) is 0.722. The SMILES string of the molecule is CC(=O)N1CCC(CC(=O)NCCn2c(C)cnc2C2CC2)CC1. The summed E-state index contributed by atoms with van der Waals surface area (Å²) in [4.78, 5) is 29.9. The van der Waals surface area contributed by atoms with E-state index >= 15 is 0 Å². The highest BCUT2D eigenvalue weighted by Gasteiger charge is 2.28. The number of nitrogens with zero attached hydrogens (tertiary/aromatic N) is 3. The van der Waals surface area contributed by atoms with Crippen LogP contribution in [0.1, 0.15) is 56.5 Å². The van der Waals surface area contributed by atoms with E-state index in [1.807, 2.05) is 11.1 Å². The molecule has 1 aromatic rings. The second-order valence-corrected chi connectivity index (χ2v) is 7.19. The van der Waals surface area contributed by atoms with E-state index in [0.717, 1.165) is 32.5 Å². The van der Waals surface area contributed by atoms with E-state index in [1.54, 1.807) is 6.92 Å². The molecule has 1 aromatic heterocycles. The highest BCUT2D eigenvalue weighted by molar-refractivity contribution is 5.76. The third-order valence-electron chi connectivity index (χ3n) is 5.22. The average Bonchev–Trinajstić information content (AvgIpc) is 3.33. The molecule has 24 heavy (non-hydrogen) atoms. The van der Waals surface area contributed by atoms with Crippen LogP contribution in [-0.4, -0.2) is 45.9 Å². The van der Waals surface area contributed by atoms with Gasteiger partial charge in [0.1, 0.15) is 5.82 Å². The Labute approximate surface area is 143 Å². The summed E-state index contributed by atoms with van der Waals surface area (Å²) < 4.78 is 2.24. The van der Waals surface area contributed by atoms with Crippen molar-refractivity contribution in [3.8, 4) is 0 Å². The summed E-state index contributed by atoms with van der Waals surface area (Å²) >= 11 is 0. The molecule has 0 radical (unpaired) electrons. The number of piperidine rings is 1. The molecule has 0 aromatic carbocycles. The third-order valence-corrected chi connectivity index (χ3v) is 5.22. The average molecular weight is 332 g/mol. The van der Waals surface area contributed by atoms with Crippen LogP contribution in [0.3, 0.4) is 0 Å². The van der Waals surface area contributed by atoms with E-state index in [-0.39, 0.29) is 11.8 Å². The van der Waals surface area contributed by atoms with Gasteiger partial charge < -0.3 is 14.8 Å². The molecule has 1 N–H and O–H groups in total. The van der Waals surface area contributed by atoms with Crippen LogP contribution < -0.4 is 5.32 Å². The predicted molar refractivity (Wildman–Crippen MR) is 91.5 cm³/mol. The highest BCUT2D eigenvalue weighted by Crippen LogP contribution is 2.39. The molecule has 0 atom stereocenters. The second kappa shape index (κ2) is 7.36. The van der Waals surface area contributed by atoms with E-state index in [1.165, 1.54) is 24.4 Å². The maximum absolute atomic E-state index is 12.2. The van der Waals surface area contributed by atoms with Gasteiger partial charge in [0, 0.05) is 57.3 Å². The van der Waals surface area contributed by atoms with Crippen molar-refractivity contribution in [1.82, 2.24) is 19.8 Å². The van der Waals surface area contributed by atoms with E-state index in [4.69, 9.17) is 0 Å². The number of aryl methyl sites for hydroxylation is 1. The molecule has 2 fully saturated rings. The number of hydrogen-bond donors (Lipinski definition) is 1. The smallest absolute Gasteiger partial charge is 0.220 e. The Hall–Kier alpha value is -1.85. The summed E-state index contributed by atoms with van der Waals surface area (Å²) in [6, 6.07) is 0. The quantitative estimate of drug-likeness (QED) is 0.864. The molecule has 0 bridgehead atoms. The van der Waals surface area contributed by atoms with Crippen molar-refractivity contribution in [2.75, 3.05) is 19.6 Å². The minimum atomic E-state index is 0.127. The largest absolute Gasteiger partial charge is 0.354 e. The van der Waals surface area contributed by atoms with E-state index < -0.39 is 0 Å². The molecule has 1 saturated carbocycles. The first-order valence-electron chi connectivity index (χ1n) is 9.09. The molecule has 6 nitrogen and oxygen atoms in total. The Morgan fingerprint density at radius 3 is 2.58 bits per heavy atom. The van der Waals surface area contributed by atoms with Crippen LogP contribution in [-0.2, 0) is 16.1 Å². The van der Waals surface area contributed by atoms with E-state index in [9.17, 15) is 9.59 Å². The number of nitrogens with one attached hydrogen (secondary N) is 1. The lowest BCUT2D eigenvalue weighted by Gasteiger charge is -2.30. The lowest BCUT2D eigenvalue weighted by molar-refractivity contribution is -0.130. The summed E-state index contributed by atoms with van der Waals surface area (Å²) in [5.74, 6) is 2.47. The Balaban J connectivity index is 1.39. The van der Waals surface area contributed by atoms with Crippen molar-refractivity contribution in [3.05, 3.63) is 17.7 Å². The maximum atomic E-state index is 12.2. The van der Waals surface area contributed by atoms with Crippen LogP contribution in [0.4, 0.5) is 0 Å². The van der Waals surface area contributed by atoms with Gasteiger partial charge in [-0.05, 0) is 38.5 Å². The second-order valence-electron chi connectivity index (χ2n) is 7.19. The van der Waals surface area contributed by atoms with Gasteiger partial charge in [-0.15, -0.1) is 0 Å². The minimum absolute atomic E-state index is 0.127. The number of rotatable bonds is 6. The number of aromatic nitrogens is 2. The van der Waals surface area contributed by atoms with Gasteiger partial charge in [0.2, 0.25) is 11.8 Å². The summed E-state index contributed by atoms with van der Waals surface area (Å²) in [6.45, 7) is 6.71. The summed E-state index contributed by atoms with van der Waals surface area (Å²) in [6.07, 6.45) is 6.84. The van der Waals surface area contributed by atoms with E-state index in [2.05, 4.69) is 21.8 Å². The molecule has 1 saturated heterocycles. The molecule has 2 amide bonds. The van der Waals surface area contributed by atoms with Crippen molar-refractivity contribution in [3.63, 3.8) is 0 Å². The Bertz CT molecular complexity index is 598. The molecule has 0 spiro atoms. The molecule has 1 aliphatic heterocycles. The van der Waals surface area contributed by atoms with Gasteiger partial charge in [-0.25, -0.2) is 4.98 Å². The van der Waals surface area contributed by atoms with Gasteiger partial charge in [-0.2, -0.15) is 0 Å². The summed E-state index contributed by atoms with van der Waals surface area (Å²) in [5.41, 5.74) is 1.17. The van der Waals surface area contributed by atoms with Crippen LogP contribution in [0.5, 0.6) is 0 Å².